The number of hydrogen-bond donors (Lipinski definition) is 3. The minimum absolute atomic E-state index is 0. The van der Waals surface area contributed by atoms with Gasteiger partial charge in [0.15, 0.2) is 5.96 Å². The van der Waals surface area contributed by atoms with E-state index in [2.05, 4.69) is 35.9 Å². The smallest absolute Gasteiger partial charge is 0.321 e. The van der Waals surface area contributed by atoms with Crippen molar-refractivity contribution in [2.24, 2.45) is 10.9 Å². The van der Waals surface area contributed by atoms with Crippen LogP contribution < -0.4 is 16.0 Å². The van der Waals surface area contributed by atoms with E-state index < -0.39 is 0 Å². The molecule has 0 radical (unpaired) electrons. The number of hydrogen-bond acceptors (Lipinski definition) is 2. The van der Waals surface area contributed by atoms with E-state index in [1.54, 1.807) is 0 Å². The molecule has 0 bridgehead atoms. The molecule has 29 heavy (non-hydrogen) atoms. The first-order valence-electron chi connectivity index (χ1n) is 10.8. The van der Waals surface area contributed by atoms with E-state index in [9.17, 15) is 4.79 Å². The van der Waals surface area contributed by atoms with Gasteiger partial charge in [0.1, 0.15) is 0 Å². The quantitative estimate of drug-likeness (QED) is 0.307. The maximum absolute atomic E-state index is 12.3. The number of carbonyl (C=O) groups is 1. The lowest BCUT2D eigenvalue weighted by Crippen LogP contribution is -2.44. The highest BCUT2D eigenvalue weighted by Gasteiger charge is 2.19. The van der Waals surface area contributed by atoms with Crippen molar-refractivity contribution >= 4 is 41.7 Å². The summed E-state index contributed by atoms with van der Waals surface area (Å²) in [6.07, 6.45) is 7.20. The first kappa shape index (κ1) is 23.8. The molecule has 0 spiro atoms. The number of likely N-dealkylation sites (tertiary alicyclic amines) is 1. The summed E-state index contributed by atoms with van der Waals surface area (Å²) in [6.45, 7) is 7.58. The second-order valence-electron chi connectivity index (χ2n) is 8.12. The van der Waals surface area contributed by atoms with Crippen molar-refractivity contribution in [3.63, 3.8) is 0 Å². The van der Waals surface area contributed by atoms with E-state index in [-0.39, 0.29) is 30.0 Å². The predicted octanol–water partition coefficient (Wildman–Crippen LogP) is 4.57. The normalized spacial score (nSPS) is 22.0. The van der Waals surface area contributed by atoms with Gasteiger partial charge in [-0.05, 0) is 69.1 Å². The Balaban J connectivity index is 0.00000300. The van der Waals surface area contributed by atoms with Crippen molar-refractivity contribution in [2.75, 3.05) is 25.0 Å². The molecule has 3 rings (SSSR count). The van der Waals surface area contributed by atoms with Gasteiger partial charge in [-0.1, -0.05) is 19.1 Å². The Kier molecular flexibility index (Phi) is 10.0. The van der Waals surface area contributed by atoms with Gasteiger partial charge in [-0.25, -0.2) is 9.79 Å². The van der Waals surface area contributed by atoms with Crippen molar-refractivity contribution in [3.05, 3.63) is 29.8 Å². The van der Waals surface area contributed by atoms with Crippen molar-refractivity contribution in [1.82, 2.24) is 15.5 Å². The first-order chi connectivity index (χ1) is 13.6. The zero-order valence-electron chi connectivity index (χ0n) is 17.7. The molecule has 2 aliphatic rings. The summed E-state index contributed by atoms with van der Waals surface area (Å²) in [5.41, 5.74) is 1.93. The Morgan fingerprint density at radius 1 is 1.17 bits per heavy atom. The van der Waals surface area contributed by atoms with Crippen LogP contribution in [0.3, 0.4) is 0 Å². The van der Waals surface area contributed by atoms with Gasteiger partial charge >= 0.3 is 6.03 Å². The third-order valence-electron chi connectivity index (χ3n) is 5.69. The lowest BCUT2D eigenvalue weighted by Gasteiger charge is -2.28. The molecule has 2 fully saturated rings. The summed E-state index contributed by atoms with van der Waals surface area (Å²) >= 11 is 0. The molecule has 0 unspecified atom stereocenters. The highest BCUT2D eigenvalue weighted by atomic mass is 127. The molecule has 3 N–H and O–H groups in total. The van der Waals surface area contributed by atoms with Gasteiger partial charge in [-0.15, -0.1) is 24.0 Å². The first-order valence-corrected chi connectivity index (χ1v) is 10.8. The molecule has 162 valence electrons. The number of guanidine groups is 1. The number of rotatable bonds is 5. The lowest BCUT2D eigenvalue weighted by atomic mass is 9.87. The number of nitrogens with zero attached hydrogens (tertiary/aromatic N) is 2. The molecule has 1 saturated carbocycles. The van der Waals surface area contributed by atoms with Crippen LogP contribution in [0, 0.1) is 5.92 Å². The van der Waals surface area contributed by atoms with Gasteiger partial charge in [0, 0.05) is 31.4 Å². The number of amides is 2. The summed E-state index contributed by atoms with van der Waals surface area (Å²) in [7, 11) is 0. The third-order valence-corrected chi connectivity index (χ3v) is 5.69. The van der Waals surface area contributed by atoms with Gasteiger partial charge in [-0.3, -0.25) is 0 Å². The minimum atomic E-state index is -0.000293. The van der Waals surface area contributed by atoms with Gasteiger partial charge in [-0.2, -0.15) is 0 Å². The SMILES string of the molecule is CCNC(=NCc1cccc(NC(=O)N2CCCC2)c1)NC1CCC(C)CC1.I. The Bertz CT molecular complexity index is 667. The van der Waals surface area contributed by atoms with Crippen molar-refractivity contribution in [1.29, 1.82) is 0 Å². The van der Waals surface area contributed by atoms with Crippen molar-refractivity contribution in [2.45, 2.75) is 65.0 Å². The van der Waals surface area contributed by atoms with Crippen LogP contribution in [0.4, 0.5) is 10.5 Å². The molecule has 6 nitrogen and oxygen atoms in total. The summed E-state index contributed by atoms with van der Waals surface area (Å²) < 4.78 is 0. The van der Waals surface area contributed by atoms with Crippen LogP contribution in [0.1, 0.15) is 57.9 Å². The summed E-state index contributed by atoms with van der Waals surface area (Å²) in [4.78, 5) is 18.9. The molecule has 1 heterocycles. The fourth-order valence-electron chi connectivity index (χ4n) is 3.96. The molecule has 7 heteroatoms. The maximum Gasteiger partial charge on any atom is 0.321 e. The van der Waals surface area contributed by atoms with Crippen molar-refractivity contribution < 1.29 is 4.79 Å². The van der Waals surface area contributed by atoms with E-state index >= 15 is 0 Å². The van der Waals surface area contributed by atoms with Crippen LogP contribution in [-0.4, -0.2) is 42.6 Å². The molecule has 2 amide bonds. The average Bonchev–Trinajstić information content (AvgIpc) is 3.23. The third kappa shape index (κ3) is 7.68. The van der Waals surface area contributed by atoms with E-state index in [1.165, 1.54) is 25.7 Å². The Hall–Kier alpha value is -1.51. The second-order valence-corrected chi connectivity index (χ2v) is 8.12. The zero-order valence-corrected chi connectivity index (χ0v) is 20.1. The Morgan fingerprint density at radius 2 is 1.90 bits per heavy atom. The molecule has 1 aromatic rings. The highest BCUT2D eigenvalue weighted by molar-refractivity contribution is 14.0. The minimum Gasteiger partial charge on any atom is -0.357 e. The zero-order chi connectivity index (χ0) is 19.8. The molecular weight excluding hydrogens is 477 g/mol. The van der Waals surface area contributed by atoms with Crippen molar-refractivity contribution in [3.8, 4) is 0 Å². The van der Waals surface area contributed by atoms with E-state index in [0.29, 0.717) is 12.6 Å². The van der Waals surface area contributed by atoms with Crippen LogP contribution in [0.2, 0.25) is 0 Å². The molecule has 1 saturated heterocycles. The largest absolute Gasteiger partial charge is 0.357 e. The topological polar surface area (TPSA) is 68.8 Å². The fourth-order valence-corrected chi connectivity index (χ4v) is 3.96. The van der Waals surface area contributed by atoms with Gasteiger partial charge in [0.05, 0.1) is 6.54 Å². The van der Waals surface area contributed by atoms with Gasteiger partial charge in [0.25, 0.3) is 0 Å². The molecule has 1 aromatic carbocycles. The monoisotopic (exact) mass is 513 g/mol. The number of carbonyl (C=O) groups excluding carboxylic acids is 1. The Morgan fingerprint density at radius 3 is 2.59 bits per heavy atom. The number of aliphatic imine (C=N–C) groups is 1. The van der Waals surface area contributed by atoms with E-state index in [1.807, 2.05) is 23.1 Å². The average molecular weight is 513 g/mol. The number of nitrogens with one attached hydrogen (secondary N) is 3. The van der Waals surface area contributed by atoms with Crippen LogP contribution in [0.15, 0.2) is 29.3 Å². The molecule has 1 aliphatic heterocycles. The molecule has 0 aromatic heterocycles. The fraction of sp³-hybridized carbons (Fsp3) is 0.636. The van der Waals surface area contributed by atoms with Gasteiger partial charge in [0.2, 0.25) is 0 Å². The van der Waals surface area contributed by atoms with E-state index in [0.717, 1.165) is 55.6 Å². The highest BCUT2D eigenvalue weighted by Crippen LogP contribution is 2.23. The number of halogens is 1. The standard InChI is InChI=1S/C22H35N5O.HI/c1-3-23-21(25-19-11-9-17(2)10-12-19)24-16-18-7-6-8-20(15-18)26-22(28)27-13-4-5-14-27;/h6-8,15,17,19H,3-5,9-14,16H2,1-2H3,(H,26,28)(H2,23,24,25);1H. The lowest BCUT2D eigenvalue weighted by molar-refractivity contribution is 0.222. The Labute approximate surface area is 192 Å². The van der Waals surface area contributed by atoms with Gasteiger partial charge < -0.3 is 20.9 Å². The van der Waals surface area contributed by atoms with Crippen LogP contribution in [0.5, 0.6) is 0 Å². The van der Waals surface area contributed by atoms with E-state index in [4.69, 9.17) is 4.99 Å². The van der Waals surface area contributed by atoms with Crippen LogP contribution in [0.25, 0.3) is 0 Å². The van der Waals surface area contributed by atoms with Crippen LogP contribution in [-0.2, 0) is 6.54 Å². The number of anilines is 1. The number of benzene rings is 1. The molecule has 0 atom stereocenters. The van der Waals surface area contributed by atoms with Crippen LogP contribution >= 0.6 is 24.0 Å². The molecule has 1 aliphatic carbocycles. The summed E-state index contributed by atoms with van der Waals surface area (Å²) in [5, 5.41) is 9.97. The summed E-state index contributed by atoms with van der Waals surface area (Å²) in [5.74, 6) is 1.73. The predicted molar refractivity (Wildman–Crippen MR) is 131 cm³/mol. The second kappa shape index (κ2) is 12.2. The maximum atomic E-state index is 12.3. The molecular formula is C22H36IN5O. The summed E-state index contributed by atoms with van der Waals surface area (Å²) in [6, 6.07) is 8.51. The number of urea groups is 1.